The predicted molar refractivity (Wildman–Crippen MR) is 82.6 cm³/mol. The summed E-state index contributed by atoms with van der Waals surface area (Å²) in [7, 11) is 2.02. The molecule has 3 nitrogen and oxygen atoms in total. The highest BCUT2D eigenvalue weighted by Crippen LogP contribution is 2.22. The Hall–Kier alpha value is -0.450. The minimum absolute atomic E-state index is 0.965. The van der Waals surface area contributed by atoms with Crippen molar-refractivity contribution in [3.05, 3.63) is 15.6 Å². The minimum Gasteiger partial charge on any atom is -0.315 e. The molecule has 0 aliphatic carbocycles. The molecule has 4 heteroatoms. The van der Waals surface area contributed by atoms with Crippen LogP contribution in [0, 0.1) is 0 Å². The zero-order valence-electron chi connectivity index (χ0n) is 12.4. The van der Waals surface area contributed by atoms with Gasteiger partial charge < -0.3 is 5.32 Å². The summed E-state index contributed by atoms with van der Waals surface area (Å²) in [5.74, 6) is 0. The second kappa shape index (κ2) is 7.98. The van der Waals surface area contributed by atoms with Gasteiger partial charge in [0.05, 0.1) is 12.2 Å². The van der Waals surface area contributed by atoms with Crippen LogP contribution in [-0.2, 0) is 19.5 Å². The third-order valence-corrected chi connectivity index (χ3v) is 4.79. The first-order valence-electron chi connectivity index (χ1n) is 7.68. The summed E-state index contributed by atoms with van der Waals surface area (Å²) in [5.41, 5.74) is 1.33. The molecule has 2 heterocycles. The van der Waals surface area contributed by atoms with Crippen LogP contribution >= 0.6 is 11.3 Å². The van der Waals surface area contributed by atoms with Gasteiger partial charge in [-0.2, -0.15) is 0 Å². The number of likely N-dealkylation sites (tertiary alicyclic amines) is 1. The highest BCUT2D eigenvalue weighted by molar-refractivity contribution is 7.11. The maximum atomic E-state index is 4.88. The van der Waals surface area contributed by atoms with Crippen molar-refractivity contribution in [1.82, 2.24) is 15.2 Å². The average molecular weight is 281 g/mol. The number of nitrogens with zero attached hydrogens (tertiary/aromatic N) is 2. The number of aryl methyl sites for hydroxylation is 1. The standard InChI is InChI=1S/C15H27N3S/c1-3-8-13-14(11-16-2)19-15(17-13)12-18-9-6-4-5-7-10-18/h16H,3-12H2,1-2H3. The molecule has 1 N–H and O–H groups in total. The SMILES string of the molecule is CCCc1nc(CN2CCCCCC2)sc1CNC. The fourth-order valence-electron chi connectivity index (χ4n) is 2.72. The van der Waals surface area contributed by atoms with Gasteiger partial charge in [-0.1, -0.05) is 26.2 Å². The van der Waals surface area contributed by atoms with E-state index >= 15 is 0 Å². The Morgan fingerprint density at radius 1 is 1.21 bits per heavy atom. The number of hydrogen-bond donors (Lipinski definition) is 1. The van der Waals surface area contributed by atoms with Gasteiger partial charge in [-0.05, 0) is 39.4 Å². The van der Waals surface area contributed by atoms with Gasteiger partial charge in [0.15, 0.2) is 0 Å². The van der Waals surface area contributed by atoms with Crippen molar-refractivity contribution >= 4 is 11.3 Å². The van der Waals surface area contributed by atoms with Crippen LogP contribution in [0.2, 0.25) is 0 Å². The van der Waals surface area contributed by atoms with E-state index in [1.54, 1.807) is 0 Å². The van der Waals surface area contributed by atoms with E-state index in [2.05, 4.69) is 17.1 Å². The number of rotatable bonds is 6. The van der Waals surface area contributed by atoms with Gasteiger partial charge in [0.1, 0.15) is 5.01 Å². The van der Waals surface area contributed by atoms with E-state index in [1.807, 2.05) is 18.4 Å². The van der Waals surface area contributed by atoms with Crippen LogP contribution in [0.4, 0.5) is 0 Å². The molecule has 1 saturated heterocycles. The van der Waals surface area contributed by atoms with Crippen molar-refractivity contribution in [3.63, 3.8) is 0 Å². The average Bonchev–Trinajstić information content (AvgIpc) is 2.62. The van der Waals surface area contributed by atoms with Gasteiger partial charge in [0, 0.05) is 11.4 Å². The summed E-state index contributed by atoms with van der Waals surface area (Å²) in [6.45, 7) is 6.77. The van der Waals surface area contributed by atoms with Crippen molar-refractivity contribution in [2.75, 3.05) is 20.1 Å². The quantitative estimate of drug-likeness (QED) is 0.868. The van der Waals surface area contributed by atoms with E-state index in [0.29, 0.717) is 0 Å². The maximum Gasteiger partial charge on any atom is 0.107 e. The fraction of sp³-hybridized carbons (Fsp3) is 0.800. The van der Waals surface area contributed by atoms with E-state index in [-0.39, 0.29) is 0 Å². The lowest BCUT2D eigenvalue weighted by Crippen LogP contribution is -2.23. The molecule has 0 saturated carbocycles. The Bertz CT molecular complexity index is 344. The molecule has 19 heavy (non-hydrogen) atoms. The molecule has 1 aliphatic heterocycles. The first-order valence-corrected chi connectivity index (χ1v) is 8.49. The molecular formula is C15H27N3S. The van der Waals surface area contributed by atoms with E-state index < -0.39 is 0 Å². The number of nitrogens with one attached hydrogen (secondary N) is 1. The smallest absolute Gasteiger partial charge is 0.107 e. The van der Waals surface area contributed by atoms with Crippen molar-refractivity contribution in [3.8, 4) is 0 Å². The van der Waals surface area contributed by atoms with Gasteiger partial charge in [-0.15, -0.1) is 11.3 Å². The Morgan fingerprint density at radius 3 is 2.58 bits per heavy atom. The summed E-state index contributed by atoms with van der Waals surface area (Å²) in [4.78, 5) is 8.91. The van der Waals surface area contributed by atoms with Crippen molar-refractivity contribution in [2.45, 2.75) is 58.5 Å². The van der Waals surface area contributed by atoms with Gasteiger partial charge in [0.2, 0.25) is 0 Å². The van der Waals surface area contributed by atoms with Crippen LogP contribution in [-0.4, -0.2) is 30.0 Å². The van der Waals surface area contributed by atoms with Crippen LogP contribution in [0.3, 0.4) is 0 Å². The third-order valence-electron chi connectivity index (χ3n) is 3.70. The third kappa shape index (κ3) is 4.55. The van der Waals surface area contributed by atoms with E-state index in [1.165, 1.54) is 60.8 Å². The molecular weight excluding hydrogens is 254 g/mol. The maximum absolute atomic E-state index is 4.88. The predicted octanol–water partition coefficient (Wildman–Crippen LogP) is 3.19. The summed E-state index contributed by atoms with van der Waals surface area (Å²) in [6, 6.07) is 0. The Kier molecular flexibility index (Phi) is 6.28. The molecule has 1 aromatic heterocycles. The molecule has 108 valence electrons. The Labute approximate surface area is 121 Å². The van der Waals surface area contributed by atoms with Crippen LogP contribution in [0.1, 0.15) is 54.6 Å². The zero-order valence-corrected chi connectivity index (χ0v) is 13.2. The fourth-order valence-corrected chi connectivity index (χ4v) is 3.89. The largest absolute Gasteiger partial charge is 0.315 e. The van der Waals surface area contributed by atoms with E-state index in [9.17, 15) is 0 Å². The van der Waals surface area contributed by atoms with Crippen LogP contribution in [0.5, 0.6) is 0 Å². The lowest BCUT2D eigenvalue weighted by atomic mass is 10.2. The summed E-state index contributed by atoms with van der Waals surface area (Å²) in [5, 5.41) is 4.58. The number of thiazole rings is 1. The number of hydrogen-bond acceptors (Lipinski definition) is 4. The van der Waals surface area contributed by atoms with E-state index in [0.717, 1.165) is 19.5 Å². The summed E-state index contributed by atoms with van der Waals surface area (Å²) >= 11 is 1.91. The molecule has 0 radical (unpaired) electrons. The topological polar surface area (TPSA) is 28.2 Å². The first kappa shape index (κ1) is 14.9. The molecule has 0 bridgehead atoms. The van der Waals surface area contributed by atoms with Crippen molar-refractivity contribution in [1.29, 1.82) is 0 Å². The van der Waals surface area contributed by atoms with Crippen molar-refractivity contribution < 1.29 is 0 Å². The minimum atomic E-state index is 0.965. The van der Waals surface area contributed by atoms with Crippen molar-refractivity contribution in [2.24, 2.45) is 0 Å². The van der Waals surface area contributed by atoms with Gasteiger partial charge in [0.25, 0.3) is 0 Å². The molecule has 0 spiro atoms. The molecule has 1 aromatic rings. The molecule has 0 unspecified atom stereocenters. The van der Waals surface area contributed by atoms with Gasteiger partial charge in [-0.25, -0.2) is 4.98 Å². The molecule has 1 fully saturated rings. The number of aromatic nitrogens is 1. The molecule has 2 rings (SSSR count). The van der Waals surface area contributed by atoms with E-state index in [4.69, 9.17) is 4.98 Å². The Morgan fingerprint density at radius 2 is 1.95 bits per heavy atom. The molecule has 0 atom stereocenters. The second-order valence-corrected chi connectivity index (χ2v) is 6.62. The van der Waals surface area contributed by atoms with Gasteiger partial charge >= 0.3 is 0 Å². The zero-order chi connectivity index (χ0) is 13.5. The summed E-state index contributed by atoms with van der Waals surface area (Å²) < 4.78 is 0. The van der Waals surface area contributed by atoms with Crippen LogP contribution in [0.15, 0.2) is 0 Å². The lowest BCUT2D eigenvalue weighted by Gasteiger charge is -2.17. The van der Waals surface area contributed by atoms with Crippen LogP contribution < -0.4 is 5.32 Å². The molecule has 0 amide bonds. The molecule has 1 aliphatic rings. The summed E-state index contributed by atoms with van der Waals surface area (Å²) in [6.07, 6.45) is 7.82. The highest BCUT2D eigenvalue weighted by Gasteiger charge is 2.14. The second-order valence-electron chi connectivity index (χ2n) is 5.45. The monoisotopic (exact) mass is 281 g/mol. The van der Waals surface area contributed by atoms with Gasteiger partial charge in [-0.3, -0.25) is 4.90 Å². The first-order chi connectivity index (χ1) is 9.33. The highest BCUT2D eigenvalue weighted by atomic mass is 32.1. The normalized spacial score (nSPS) is 17.6. The Balaban J connectivity index is 2.00. The lowest BCUT2D eigenvalue weighted by molar-refractivity contribution is 0.276. The molecule has 0 aromatic carbocycles. The van der Waals surface area contributed by atoms with Crippen LogP contribution in [0.25, 0.3) is 0 Å².